The van der Waals surface area contributed by atoms with Crippen LogP contribution in [0.3, 0.4) is 0 Å². The van der Waals surface area contributed by atoms with Crippen LogP contribution in [0.25, 0.3) is 0 Å². The quantitative estimate of drug-likeness (QED) is 0.371. The Morgan fingerprint density at radius 3 is 2.62 bits per heavy atom. The van der Waals surface area contributed by atoms with Crippen molar-refractivity contribution in [2.75, 3.05) is 43.5 Å². The Balaban J connectivity index is 2.46. The molecule has 0 amide bonds. The third-order valence-electron chi connectivity index (χ3n) is 3.64. The summed E-state index contributed by atoms with van der Waals surface area (Å²) < 4.78 is 0. The summed E-state index contributed by atoms with van der Waals surface area (Å²) in [6.45, 7) is 8.15. The second kappa shape index (κ2) is 10.4. The minimum atomic E-state index is 0.223. The lowest BCUT2D eigenvalue weighted by molar-refractivity contribution is 0.198. The summed E-state index contributed by atoms with van der Waals surface area (Å²) in [5, 5.41) is 12.5. The first-order chi connectivity index (χ1) is 10.2. The molecule has 0 aliphatic heterocycles. The van der Waals surface area contributed by atoms with Gasteiger partial charge in [0.2, 0.25) is 0 Å². The molecule has 1 aromatic carbocycles. The highest BCUT2D eigenvalue weighted by Gasteiger charge is 2.04. The Morgan fingerprint density at radius 1 is 1.19 bits per heavy atom. The lowest BCUT2D eigenvalue weighted by atomic mass is 10.1. The molecule has 0 fully saturated rings. The number of aryl methyl sites for hydroxylation is 1. The third-order valence-corrected chi connectivity index (χ3v) is 3.64. The van der Waals surface area contributed by atoms with Gasteiger partial charge in [0.1, 0.15) is 0 Å². The number of hydrazine groups is 1. The first-order valence-corrected chi connectivity index (χ1v) is 7.91. The highest BCUT2D eigenvalue weighted by molar-refractivity contribution is 5.59. The fourth-order valence-corrected chi connectivity index (χ4v) is 2.35. The van der Waals surface area contributed by atoms with Crippen LogP contribution in [0.1, 0.15) is 32.3 Å². The molecular weight excluding hydrogens is 264 g/mol. The van der Waals surface area contributed by atoms with Crippen LogP contribution in [0.4, 0.5) is 11.4 Å². The van der Waals surface area contributed by atoms with Gasteiger partial charge < -0.3 is 15.8 Å². The summed E-state index contributed by atoms with van der Waals surface area (Å²) in [5.41, 5.74) is 6.03. The summed E-state index contributed by atoms with van der Waals surface area (Å²) in [6, 6.07) is 6.18. The number of aliphatic hydroxyl groups excluding tert-OH is 1. The van der Waals surface area contributed by atoms with Crippen LogP contribution in [0.5, 0.6) is 0 Å². The van der Waals surface area contributed by atoms with Crippen molar-refractivity contribution >= 4 is 11.4 Å². The standard InChI is InChI=1S/C16H30N4O/c1-3-5-9-20(11-12-21)10-8-18-15-6-7-16(19-17)14(4-2)13-15/h6-7,13,18-19,21H,3-5,8-12,17H2,1-2H3. The van der Waals surface area contributed by atoms with Crippen LogP contribution in [-0.4, -0.2) is 42.8 Å². The number of anilines is 2. The zero-order valence-corrected chi connectivity index (χ0v) is 13.4. The maximum Gasteiger partial charge on any atom is 0.0558 e. The van der Waals surface area contributed by atoms with Gasteiger partial charge in [0, 0.05) is 25.3 Å². The van der Waals surface area contributed by atoms with E-state index in [1.54, 1.807) is 0 Å². The van der Waals surface area contributed by atoms with E-state index in [1.165, 1.54) is 18.4 Å². The van der Waals surface area contributed by atoms with Gasteiger partial charge >= 0.3 is 0 Å². The van der Waals surface area contributed by atoms with E-state index in [1.807, 2.05) is 12.1 Å². The van der Waals surface area contributed by atoms with E-state index < -0.39 is 0 Å². The van der Waals surface area contributed by atoms with Gasteiger partial charge in [-0.05, 0) is 43.1 Å². The molecule has 120 valence electrons. The smallest absolute Gasteiger partial charge is 0.0558 e. The molecule has 0 aliphatic rings. The molecule has 0 radical (unpaired) electrons. The van der Waals surface area contributed by atoms with Gasteiger partial charge in [0.05, 0.1) is 12.3 Å². The topological polar surface area (TPSA) is 73.5 Å². The summed E-state index contributed by atoms with van der Waals surface area (Å²) >= 11 is 0. The van der Waals surface area contributed by atoms with Crippen molar-refractivity contribution in [3.8, 4) is 0 Å². The number of aliphatic hydroxyl groups is 1. The van der Waals surface area contributed by atoms with E-state index in [-0.39, 0.29) is 6.61 Å². The molecular formula is C16H30N4O. The monoisotopic (exact) mass is 294 g/mol. The zero-order valence-electron chi connectivity index (χ0n) is 13.4. The van der Waals surface area contributed by atoms with Crippen LogP contribution >= 0.6 is 0 Å². The number of nitrogen functional groups attached to an aromatic ring is 1. The molecule has 0 aliphatic carbocycles. The predicted molar refractivity (Wildman–Crippen MR) is 90.6 cm³/mol. The normalized spacial score (nSPS) is 10.9. The van der Waals surface area contributed by atoms with E-state index in [9.17, 15) is 0 Å². The van der Waals surface area contributed by atoms with Gasteiger partial charge in [-0.25, -0.2) is 0 Å². The van der Waals surface area contributed by atoms with Gasteiger partial charge in [-0.15, -0.1) is 0 Å². The van der Waals surface area contributed by atoms with Crippen molar-refractivity contribution in [1.29, 1.82) is 0 Å². The van der Waals surface area contributed by atoms with Crippen LogP contribution in [-0.2, 0) is 6.42 Å². The van der Waals surface area contributed by atoms with Crippen molar-refractivity contribution in [3.05, 3.63) is 23.8 Å². The minimum Gasteiger partial charge on any atom is -0.395 e. The molecule has 0 spiro atoms. The Morgan fingerprint density at radius 2 is 2.00 bits per heavy atom. The Bertz CT molecular complexity index is 398. The van der Waals surface area contributed by atoms with Crippen molar-refractivity contribution < 1.29 is 5.11 Å². The summed E-state index contributed by atoms with van der Waals surface area (Å²) in [5.74, 6) is 5.50. The van der Waals surface area contributed by atoms with Crippen molar-refractivity contribution in [3.63, 3.8) is 0 Å². The molecule has 0 aromatic heterocycles. The fourth-order valence-electron chi connectivity index (χ4n) is 2.35. The maximum absolute atomic E-state index is 9.10. The van der Waals surface area contributed by atoms with Gasteiger partial charge in [0.25, 0.3) is 0 Å². The zero-order chi connectivity index (χ0) is 15.5. The number of rotatable bonds is 11. The van der Waals surface area contributed by atoms with Gasteiger partial charge in [-0.1, -0.05) is 20.3 Å². The molecule has 0 unspecified atom stereocenters. The Labute approximate surface area is 128 Å². The van der Waals surface area contributed by atoms with E-state index in [2.05, 4.69) is 35.6 Å². The lowest BCUT2D eigenvalue weighted by Gasteiger charge is -2.21. The number of nitrogens with two attached hydrogens (primary N) is 1. The van der Waals surface area contributed by atoms with Crippen LogP contribution < -0.4 is 16.6 Å². The second-order valence-corrected chi connectivity index (χ2v) is 5.22. The number of hydrogen-bond donors (Lipinski definition) is 4. The molecule has 0 atom stereocenters. The van der Waals surface area contributed by atoms with Crippen molar-refractivity contribution in [2.24, 2.45) is 5.84 Å². The maximum atomic E-state index is 9.10. The SMILES string of the molecule is CCCCN(CCO)CCNc1ccc(NN)c(CC)c1. The van der Waals surface area contributed by atoms with Crippen LogP contribution in [0.2, 0.25) is 0 Å². The van der Waals surface area contributed by atoms with E-state index in [0.717, 1.165) is 44.0 Å². The van der Waals surface area contributed by atoms with Crippen LogP contribution in [0.15, 0.2) is 18.2 Å². The molecule has 5 heteroatoms. The predicted octanol–water partition coefficient (Wildman–Crippen LogP) is 2.04. The largest absolute Gasteiger partial charge is 0.395 e. The molecule has 5 N–H and O–H groups in total. The van der Waals surface area contributed by atoms with Gasteiger partial charge in [0.15, 0.2) is 0 Å². The molecule has 1 rings (SSSR count). The van der Waals surface area contributed by atoms with E-state index in [4.69, 9.17) is 10.9 Å². The lowest BCUT2D eigenvalue weighted by Crippen LogP contribution is -2.32. The first kappa shape index (κ1) is 17.8. The molecule has 5 nitrogen and oxygen atoms in total. The van der Waals surface area contributed by atoms with Gasteiger partial charge in [-0.3, -0.25) is 10.7 Å². The van der Waals surface area contributed by atoms with Gasteiger partial charge in [-0.2, -0.15) is 0 Å². The average molecular weight is 294 g/mol. The average Bonchev–Trinajstić information content (AvgIpc) is 2.52. The molecule has 0 saturated carbocycles. The highest BCUT2D eigenvalue weighted by atomic mass is 16.3. The van der Waals surface area contributed by atoms with E-state index >= 15 is 0 Å². The number of nitrogens with one attached hydrogen (secondary N) is 2. The molecule has 0 saturated heterocycles. The van der Waals surface area contributed by atoms with Crippen molar-refractivity contribution in [1.82, 2.24) is 4.90 Å². The number of hydrogen-bond acceptors (Lipinski definition) is 5. The molecule has 0 heterocycles. The third kappa shape index (κ3) is 6.33. The summed E-state index contributed by atoms with van der Waals surface area (Å²) in [7, 11) is 0. The number of unbranched alkanes of at least 4 members (excludes halogenated alkanes) is 1. The second-order valence-electron chi connectivity index (χ2n) is 5.22. The van der Waals surface area contributed by atoms with Crippen molar-refractivity contribution in [2.45, 2.75) is 33.1 Å². The number of nitrogens with zero attached hydrogens (tertiary/aromatic N) is 1. The number of benzene rings is 1. The highest BCUT2D eigenvalue weighted by Crippen LogP contribution is 2.20. The molecule has 1 aromatic rings. The molecule has 21 heavy (non-hydrogen) atoms. The molecule has 0 bridgehead atoms. The fraction of sp³-hybridized carbons (Fsp3) is 0.625. The van der Waals surface area contributed by atoms with Crippen LogP contribution in [0, 0.1) is 0 Å². The summed E-state index contributed by atoms with van der Waals surface area (Å²) in [6.07, 6.45) is 3.31. The first-order valence-electron chi connectivity index (χ1n) is 7.91. The van der Waals surface area contributed by atoms with E-state index in [0.29, 0.717) is 0 Å². The Hall–Kier alpha value is -1.30. The summed E-state index contributed by atoms with van der Waals surface area (Å²) in [4.78, 5) is 2.30. The Kier molecular flexibility index (Phi) is 8.82. The minimum absolute atomic E-state index is 0.223.